The Bertz CT molecular complexity index is 574. The molecule has 0 amide bonds. The number of aryl methyl sites for hydroxylation is 2. The first-order valence-corrected chi connectivity index (χ1v) is 7.30. The van der Waals surface area contributed by atoms with Crippen LogP contribution >= 0.6 is 22.9 Å². The first-order valence-electron chi connectivity index (χ1n) is 5.64. The molecule has 2 rings (SSSR count). The standard InChI is InChI=1S/C12H15N3OS2/c1-6-5-17-11(13-6)8(3)14-12-10(9(4)16)7(2)15-18-12/h5,8,14H,1-4H3. The predicted octanol–water partition coefficient (Wildman–Crippen LogP) is 3.59. The molecule has 18 heavy (non-hydrogen) atoms. The Kier molecular flexibility index (Phi) is 3.77. The van der Waals surface area contributed by atoms with Gasteiger partial charge in [0.15, 0.2) is 5.78 Å². The van der Waals surface area contributed by atoms with Gasteiger partial charge in [-0.25, -0.2) is 4.98 Å². The molecule has 2 aromatic heterocycles. The lowest BCUT2D eigenvalue weighted by Gasteiger charge is -2.11. The molecule has 0 saturated heterocycles. The number of carbonyl (C=O) groups excluding carboxylic acids is 1. The van der Waals surface area contributed by atoms with Crippen molar-refractivity contribution < 1.29 is 4.79 Å². The lowest BCUT2D eigenvalue weighted by atomic mass is 10.2. The number of hydrogen-bond acceptors (Lipinski definition) is 6. The van der Waals surface area contributed by atoms with Gasteiger partial charge in [-0.15, -0.1) is 11.3 Å². The van der Waals surface area contributed by atoms with Gasteiger partial charge in [-0.1, -0.05) is 0 Å². The Morgan fingerprint density at radius 3 is 2.72 bits per heavy atom. The molecule has 0 bridgehead atoms. The summed E-state index contributed by atoms with van der Waals surface area (Å²) in [5, 5.41) is 7.21. The van der Waals surface area contributed by atoms with E-state index < -0.39 is 0 Å². The van der Waals surface area contributed by atoms with Gasteiger partial charge in [0.1, 0.15) is 10.0 Å². The third kappa shape index (κ3) is 2.59. The SMILES string of the molecule is CC(=O)c1c(C)nsc1NC(C)c1nc(C)cs1. The molecule has 2 aromatic rings. The molecule has 6 heteroatoms. The molecular formula is C12H15N3OS2. The van der Waals surface area contributed by atoms with Gasteiger partial charge < -0.3 is 5.32 Å². The van der Waals surface area contributed by atoms with Crippen molar-refractivity contribution in [3.8, 4) is 0 Å². The van der Waals surface area contributed by atoms with Crippen LogP contribution in [0.15, 0.2) is 5.38 Å². The van der Waals surface area contributed by atoms with Crippen LogP contribution in [0.4, 0.5) is 5.00 Å². The van der Waals surface area contributed by atoms with Crippen molar-refractivity contribution in [1.29, 1.82) is 0 Å². The summed E-state index contributed by atoms with van der Waals surface area (Å²) in [6, 6.07) is 0.0849. The van der Waals surface area contributed by atoms with E-state index in [0.29, 0.717) is 5.56 Å². The van der Waals surface area contributed by atoms with Crippen LogP contribution in [0.25, 0.3) is 0 Å². The zero-order valence-electron chi connectivity index (χ0n) is 10.8. The van der Waals surface area contributed by atoms with Gasteiger partial charge in [-0.05, 0) is 39.2 Å². The lowest BCUT2D eigenvalue weighted by Crippen LogP contribution is -2.08. The van der Waals surface area contributed by atoms with Crippen LogP contribution in [-0.4, -0.2) is 15.1 Å². The number of thiazole rings is 1. The maximum absolute atomic E-state index is 11.6. The summed E-state index contributed by atoms with van der Waals surface area (Å²) in [7, 11) is 0. The maximum atomic E-state index is 11.6. The summed E-state index contributed by atoms with van der Waals surface area (Å²) in [6.45, 7) is 7.44. The second-order valence-electron chi connectivity index (χ2n) is 4.22. The van der Waals surface area contributed by atoms with Crippen LogP contribution in [0.1, 0.15) is 46.6 Å². The first kappa shape index (κ1) is 13.2. The first-order chi connectivity index (χ1) is 8.49. The molecule has 0 spiro atoms. The fraction of sp³-hybridized carbons (Fsp3) is 0.417. The molecule has 0 fully saturated rings. The molecule has 1 unspecified atom stereocenters. The highest BCUT2D eigenvalue weighted by molar-refractivity contribution is 7.11. The fourth-order valence-corrected chi connectivity index (χ4v) is 3.45. The zero-order chi connectivity index (χ0) is 13.3. The van der Waals surface area contributed by atoms with E-state index in [2.05, 4.69) is 14.7 Å². The quantitative estimate of drug-likeness (QED) is 0.870. The number of rotatable bonds is 4. The summed E-state index contributed by atoms with van der Waals surface area (Å²) < 4.78 is 4.23. The number of Topliss-reactive ketones (excluding diaryl/α,β-unsaturated/α-hetero) is 1. The second-order valence-corrected chi connectivity index (χ2v) is 5.88. The Labute approximate surface area is 114 Å². The van der Waals surface area contributed by atoms with Crippen molar-refractivity contribution in [3.63, 3.8) is 0 Å². The fourth-order valence-electron chi connectivity index (χ4n) is 1.71. The summed E-state index contributed by atoms with van der Waals surface area (Å²) in [6.07, 6.45) is 0. The second kappa shape index (κ2) is 5.16. The van der Waals surface area contributed by atoms with Crippen molar-refractivity contribution in [2.24, 2.45) is 0 Å². The van der Waals surface area contributed by atoms with Crippen LogP contribution < -0.4 is 5.32 Å². The van der Waals surface area contributed by atoms with E-state index in [9.17, 15) is 4.79 Å². The van der Waals surface area contributed by atoms with E-state index in [-0.39, 0.29) is 11.8 Å². The predicted molar refractivity (Wildman–Crippen MR) is 75.7 cm³/mol. The highest BCUT2D eigenvalue weighted by atomic mass is 32.1. The zero-order valence-corrected chi connectivity index (χ0v) is 12.4. The lowest BCUT2D eigenvalue weighted by molar-refractivity contribution is 0.101. The normalized spacial score (nSPS) is 12.4. The molecule has 2 heterocycles. The van der Waals surface area contributed by atoms with Gasteiger partial charge in [0.25, 0.3) is 0 Å². The van der Waals surface area contributed by atoms with E-state index in [1.54, 1.807) is 18.3 Å². The van der Waals surface area contributed by atoms with Crippen molar-refractivity contribution in [3.05, 3.63) is 27.3 Å². The molecule has 0 radical (unpaired) electrons. The van der Waals surface area contributed by atoms with Gasteiger partial charge >= 0.3 is 0 Å². The molecule has 1 atom stereocenters. The third-order valence-electron chi connectivity index (χ3n) is 2.57. The van der Waals surface area contributed by atoms with Crippen LogP contribution in [0.5, 0.6) is 0 Å². The average molecular weight is 281 g/mol. The minimum Gasteiger partial charge on any atom is -0.366 e. The van der Waals surface area contributed by atoms with Gasteiger partial charge in [-0.3, -0.25) is 4.79 Å². The van der Waals surface area contributed by atoms with Crippen LogP contribution in [0.2, 0.25) is 0 Å². The van der Waals surface area contributed by atoms with Crippen LogP contribution in [-0.2, 0) is 0 Å². The van der Waals surface area contributed by atoms with Crippen molar-refractivity contribution >= 4 is 33.7 Å². The number of hydrogen-bond donors (Lipinski definition) is 1. The van der Waals surface area contributed by atoms with Crippen LogP contribution in [0.3, 0.4) is 0 Å². The van der Waals surface area contributed by atoms with Gasteiger partial charge in [0.2, 0.25) is 0 Å². The van der Waals surface area contributed by atoms with Crippen molar-refractivity contribution in [1.82, 2.24) is 9.36 Å². The minimum absolute atomic E-state index is 0.0475. The largest absolute Gasteiger partial charge is 0.366 e. The molecule has 4 nitrogen and oxygen atoms in total. The molecule has 0 aliphatic carbocycles. The van der Waals surface area contributed by atoms with Crippen molar-refractivity contribution in [2.45, 2.75) is 33.7 Å². The van der Waals surface area contributed by atoms with E-state index in [4.69, 9.17) is 0 Å². The summed E-state index contributed by atoms with van der Waals surface area (Å²) in [5.41, 5.74) is 2.51. The number of anilines is 1. The number of carbonyl (C=O) groups is 1. The minimum atomic E-state index is 0.0475. The molecule has 1 N–H and O–H groups in total. The smallest absolute Gasteiger partial charge is 0.164 e. The van der Waals surface area contributed by atoms with E-state index >= 15 is 0 Å². The Morgan fingerprint density at radius 1 is 1.44 bits per heavy atom. The molecule has 96 valence electrons. The van der Waals surface area contributed by atoms with Crippen molar-refractivity contribution in [2.75, 3.05) is 5.32 Å². The molecule has 0 saturated carbocycles. The molecular weight excluding hydrogens is 266 g/mol. The van der Waals surface area contributed by atoms with E-state index in [1.165, 1.54) is 11.5 Å². The topological polar surface area (TPSA) is 54.9 Å². The Balaban J connectivity index is 2.22. The Hall–Kier alpha value is -1.27. The molecule has 0 aromatic carbocycles. The summed E-state index contributed by atoms with van der Waals surface area (Å²) in [5.74, 6) is 0.0475. The molecule has 0 aliphatic heterocycles. The summed E-state index contributed by atoms with van der Waals surface area (Å²) in [4.78, 5) is 16.0. The van der Waals surface area contributed by atoms with Gasteiger partial charge in [-0.2, -0.15) is 4.37 Å². The van der Waals surface area contributed by atoms with Gasteiger partial charge in [0, 0.05) is 11.1 Å². The third-order valence-corrected chi connectivity index (χ3v) is 4.58. The summed E-state index contributed by atoms with van der Waals surface area (Å²) >= 11 is 2.95. The number of ketones is 1. The molecule has 0 aliphatic rings. The monoisotopic (exact) mass is 281 g/mol. The highest BCUT2D eigenvalue weighted by Gasteiger charge is 2.18. The number of aromatic nitrogens is 2. The van der Waals surface area contributed by atoms with Crippen LogP contribution in [0, 0.1) is 13.8 Å². The number of nitrogens with zero attached hydrogens (tertiary/aromatic N) is 2. The maximum Gasteiger partial charge on any atom is 0.164 e. The van der Waals surface area contributed by atoms with Gasteiger partial charge in [0.05, 0.1) is 17.3 Å². The highest BCUT2D eigenvalue weighted by Crippen LogP contribution is 2.29. The van der Waals surface area contributed by atoms with E-state index in [1.807, 2.05) is 26.2 Å². The average Bonchev–Trinajstić information content (AvgIpc) is 2.85. The Morgan fingerprint density at radius 2 is 2.17 bits per heavy atom. The van der Waals surface area contributed by atoms with E-state index in [0.717, 1.165) is 21.4 Å². The number of nitrogens with one attached hydrogen (secondary N) is 1.